The lowest BCUT2D eigenvalue weighted by molar-refractivity contribution is -0.143. The number of hydrogen-bond acceptors (Lipinski definition) is 4. The van der Waals surface area contributed by atoms with Crippen LogP contribution in [0.5, 0.6) is 0 Å². The van der Waals surface area contributed by atoms with Crippen LogP contribution in [0.1, 0.15) is 22.4 Å². The van der Waals surface area contributed by atoms with Gasteiger partial charge in [0.1, 0.15) is 15.6 Å². The molecule has 1 N–H and O–H groups in total. The fourth-order valence-corrected chi connectivity index (χ4v) is 5.45. The van der Waals surface area contributed by atoms with Crippen LogP contribution < -0.4 is 4.72 Å². The highest BCUT2D eigenvalue weighted by Gasteiger charge is 2.35. The molecule has 5 nitrogen and oxygen atoms in total. The fraction of sp³-hybridized carbons (Fsp3) is 0.278. The van der Waals surface area contributed by atoms with Gasteiger partial charge in [-0.1, -0.05) is 17.7 Å². The Hall–Kier alpha value is -2.33. The van der Waals surface area contributed by atoms with Gasteiger partial charge < -0.3 is 0 Å². The van der Waals surface area contributed by atoms with E-state index in [-0.39, 0.29) is 9.90 Å². The standard InChI is InChI=1S/C18H18F3N3O2S2/c1-10-7-11(2)17(12(3)8-10)23-28(25,26)16-6-5-14(27-16)13-9-15(18(19,20)21)24(4)22-13/h5-9,23H,1-4H3. The number of sulfonamides is 1. The van der Waals surface area contributed by atoms with Crippen LogP contribution >= 0.6 is 11.3 Å². The second-order valence-corrected chi connectivity index (χ2v) is 9.53. The maximum absolute atomic E-state index is 13.0. The minimum absolute atomic E-state index is 0.00101. The third-order valence-electron chi connectivity index (χ3n) is 4.18. The number of alkyl halides is 3. The summed E-state index contributed by atoms with van der Waals surface area (Å²) in [5.41, 5.74) is 2.27. The molecule has 0 aliphatic carbocycles. The molecule has 0 radical (unpaired) electrons. The highest BCUT2D eigenvalue weighted by atomic mass is 32.2. The van der Waals surface area contributed by atoms with Gasteiger partial charge in [-0.3, -0.25) is 9.40 Å². The zero-order chi connectivity index (χ0) is 20.9. The number of aryl methyl sites for hydroxylation is 4. The first kappa shape index (κ1) is 20.4. The van der Waals surface area contributed by atoms with Crippen LogP contribution in [0.3, 0.4) is 0 Å². The highest BCUT2D eigenvalue weighted by molar-refractivity contribution is 7.94. The van der Waals surface area contributed by atoms with Crippen LogP contribution in [0.2, 0.25) is 0 Å². The van der Waals surface area contributed by atoms with Crippen molar-refractivity contribution in [1.82, 2.24) is 9.78 Å². The molecular formula is C18H18F3N3O2S2. The van der Waals surface area contributed by atoms with Gasteiger partial charge >= 0.3 is 6.18 Å². The molecule has 0 spiro atoms. The van der Waals surface area contributed by atoms with Gasteiger partial charge in [-0.05, 0) is 50.1 Å². The van der Waals surface area contributed by atoms with Crippen molar-refractivity contribution in [2.75, 3.05) is 4.72 Å². The average Bonchev–Trinajstić information content (AvgIpc) is 3.17. The summed E-state index contributed by atoms with van der Waals surface area (Å²) in [5, 5.41) is 3.86. The third kappa shape index (κ3) is 3.93. The molecule has 0 amide bonds. The highest BCUT2D eigenvalue weighted by Crippen LogP contribution is 2.36. The number of nitrogens with zero attached hydrogens (tertiary/aromatic N) is 2. The lowest BCUT2D eigenvalue weighted by Crippen LogP contribution is -2.13. The first-order valence-corrected chi connectivity index (χ1v) is 10.5. The molecule has 0 aliphatic rings. The van der Waals surface area contributed by atoms with Crippen molar-refractivity contribution in [2.24, 2.45) is 7.05 Å². The van der Waals surface area contributed by atoms with E-state index in [1.807, 2.05) is 32.9 Å². The van der Waals surface area contributed by atoms with Crippen molar-refractivity contribution in [2.45, 2.75) is 31.2 Å². The quantitative estimate of drug-likeness (QED) is 0.642. The smallest absolute Gasteiger partial charge is 0.278 e. The Morgan fingerprint density at radius 2 is 1.68 bits per heavy atom. The Labute approximate surface area is 164 Å². The molecule has 10 heteroatoms. The number of hydrogen-bond donors (Lipinski definition) is 1. The van der Waals surface area contributed by atoms with E-state index in [0.717, 1.165) is 38.8 Å². The molecule has 150 valence electrons. The number of benzene rings is 1. The molecule has 0 saturated heterocycles. The number of halogens is 3. The van der Waals surface area contributed by atoms with E-state index in [1.165, 1.54) is 19.2 Å². The molecule has 0 unspecified atom stereocenters. The van der Waals surface area contributed by atoms with E-state index in [2.05, 4.69) is 9.82 Å². The molecule has 28 heavy (non-hydrogen) atoms. The number of thiophene rings is 1. The molecule has 2 aromatic heterocycles. The molecule has 0 bridgehead atoms. The molecule has 0 fully saturated rings. The number of rotatable bonds is 4. The molecule has 3 rings (SSSR count). The summed E-state index contributed by atoms with van der Waals surface area (Å²) in [5.74, 6) is 0. The molecule has 2 heterocycles. The lowest BCUT2D eigenvalue weighted by atomic mass is 10.1. The Morgan fingerprint density at radius 3 is 2.21 bits per heavy atom. The molecule has 0 atom stereocenters. The summed E-state index contributed by atoms with van der Waals surface area (Å²) in [6, 6.07) is 7.47. The predicted molar refractivity (Wildman–Crippen MR) is 103 cm³/mol. The summed E-state index contributed by atoms with van der Waals surface area (Å²) in [4.78, 5) is 0.337. The van der Waals surface area contributed by atoms with Gasteiger partial charge in [0.05, 0.1) is 10.6 Å². The van der Waals surface area contributed by atoms with Crippen LogP contribution in [0, 0.1) is 20.8 Å². The van der Waals surface area contributed by atoms with Crippen LogP contribution in [0.15, 0.2) is 34.5 Å². The maximum Gasteiger partial charge on any atom is 0.433 e. The predicted octanol–water partition coefficient (Wildman–Crippen LogP) is 4.89. The third-order valence-corrected chi connectivity index (χ3v) is 7.13. The first-order valence-electron chi connectivity index (χ1n) is 8.20. The fourth-order valence-electron chi connectivity index (χ4n) is 2.98. The van der Waals surface area contributed by atoms with Crippen molar-refractivity contribution in [1.29, 1.82) is 0 Å². The van der Waals surface area contributed by atoms with Gasteiger partial charge in [0.25, 0.3) is 10.0 Å². The zero-order valence-corrected chi connectivity index (χ0v) is 17.2. The van der Waals surface area contributed by atoms with Gasteiger partial charge in [0.2, 0.25) is 0 Å². The Kier molecular flexibility index (Phi) is 5.05. The van der Waals surface area contributed by atoms with Crippen molar-refractivity contribution in [3.8, 4) is 10.6 Å². The van der Waals surface area contributed by atoms with Gasteiger partial charge in [-0.15, -0.1) is 11.3 Å². The van der Waals surface area contributed by atoms with E-state index in [9.17, 15) is 21.6 Å². The first-order chi connectivity index (χ1) is 12.9. The van der Waals surface area contributed by atoms with Crippen molar-refractivity contribution in [3.63, 3.8) is 0 Å². The number of nitrogens with one attached hydrogen (secondary N) is 1. The Morgan fingerprint density at radius 1 is 1.07 bits per heavy atom. The molecule has 3 aromatic rings. The van der Waals surface area contributed by atoms with Gasteiger partial charge in [0.15, 0.2) is 0 Å². The average molecular weight is 429 g/mol. The molecule has 1 aromatic carbocycles. The minimum Gasteiger partial charge on any atom is -0.278 e. The Bertz CT molecular complexity index is 1120. The van der Waals surface area contributed by atoms with Gasteiger partial charge in [-0.25, -0.2) is 8.42 Å². The zero-order valence-electron chi connectivity index (χ0n) is 15.5. The monoisotopic (exact) mass is 429 g/mol. The molecule has 0 saturated carbocycles. The second kappa shape index (κ2) is 6.93. The SMILES string of the molecule is Cc1cc(C)c(NS(=O)(=O)c2ccc(-c3cc(C(F)(F)F)n(C)n3)s2)c(C)c1. The normalized spacial score (nSPS) is 12.4. The summed E-state index contributed by atoms with van der Waals surface area (Å²) in [6.45, 7) is 5.54. The van der Waals surface area contributed by atoms with E-state index < -0.39 is 21.9 Å². The Balaban J connectivity index is 1.94. The lowest BCUT2D eigenvalue weighted by Gasteiger charge is -2.13. The van der Waals surface area contributed by atoms with E-state index in [4.69, 9.17) is 0 Å². The van der Waals surface area contributed by atoms with E-state index >= 15 is 0 Å². The molecular weight excluding hydrogens is 411 g/mol. The van der Waals surface area contributed by atoms with E-state index in [0.29, 0.717) is 10.6 Å². The summed E-state index contributed by atoms with van der Waals surface area (Å²) in [6.07, 6.45) is -4.53. The van der Waals surface area contributed by atoms with Gasteiger partial charge in [0, 0.05) is 7.05 Å². The van der Waals surface area contributed by atoms with Crippen LogP contribution in [0.25, 0.3) is 10.6 Å². The summed E-state index contributed by atoms with van der Waals surface area (Å²) in [7, 11) is -2.68. The summed E-state index contributed by atoms with van der Waals surface area (Å²) < 4.78 is 67.7. The largest absolute Gasteiger partial charge is 0.433 e. The number of aromatic nitrogens is 2. The van der Waals surface area contributed by atoms with Crippen LogP contribution in [0.4, 0.5) is 18.9 Å². The molecule has 0 aliphatic heterocycles. The topological polar surface area (TPSA) is 64.0 Å². The van der Waals surface area contributed by atoms with E-state index in [1.54, 1.807) is 0 Å². The minimum atomic E-state index is -4.53. The van der Waals surface area contributed by atoms with Gasteiger partial charge in [-0.2, -0.15) is 18.3 Å². The summed E-state index contributed by atoms with van der Waals surface area (Å²) >= 11 is 0.866. The maximum atomic E-state index is 13.0. The van der Waals surface area contributed by atoms with Crippen LogP contribution in [-0.4, -0.2) is 18.2 Å². The number of anilines is 1. The van der Waals surface area contributed by atoms with Crippen molar-refractivity contribution < 1.29 is 21.6 Å². The van der Waals surface area contributed by atoms with Crippen LogP contribution in [-0.2, 0) is 23.2 Å². The van der Waals surface area contributed by atoms with Crippen molar-refractivity contribution in [3.05, 3.63) is 52.7 Å². The second-order valence-electron chi connectivity index (χ2n) is 6.53. The van der Waals surface area contributed by atoms with Crippen molar-refractivity contribution >= 4 is 27.0 Å².